The molecule has 0 saturated carbocycles. The van der Waals surface area contributed by atoms with E-state index in [9.17, 15) is 14.4 Å². The Labute approximate surface area is 164 Å². The first-order chi connectivity index (χ1) is 13.6. The van der Waals surface area contributed by atoms with E-state index in [0.717, 1.165) is 16.0 Å². The molecule has 1 aromatic heterocycles. The quantitative estimate of drug-likeness (QED) is 0.647. The fourth-order valence-corrected chi connectivity index (χ4v) is 4.02. The van der Waals surface area contributed by atoms with Gasteiger partial charge in [0.15, 0.2) is 5.13 Å². The monoisotopic (exact) mass is 395 g/mol. The lowest BCUT2D eigenvalue weighted by molar-refractivity contribution is -0.116. The minimum atomic E-state index is -0.305. The highest BCUT2D eigenvalue weighted by molar-refractivity contribution is 7.22. The van der Waals surface area contributed by atoms with Gasteiger partial charge in [-0.3, -0.25) is 19.3 Å². The molecule has 2 aromatic carbocycles. The molecule has 0 aliphatic carbocycles. The second kappa shape index (κ2) is 7.40. The third-order valence-electron chi connectivity index (χ3n) is 4.51. The number of carbonyl (C=O) groups is 3. The number of benzene rings is 2. The van der Waals surface area contributed by atoms with Crippen molar-refractivity contribution in [1.82, 2.24) is 9.88 Å². The summed E-state index contributed by atoms with van der Waals surface area (Å²) >= 11 is 1.36. The van der Waals surface area contributed by atoms with Gasteiger partial charge in [-0.25, -0.2) is 4.98 Å². The van der Waals surface area contributed by atoms with Crippen LogP contribution in [0.15, 0.2) is 42.5 Å². The molecule has 0 radical (unpaired) electrons. The Bertz CT molecular complexity index is 1060. The number of carbonyl (C=O) groups excluding carboxylic acids is 3. The number of hydrogen-bond acceptors (Lipinski definition) is 6. The van der Waals surface area contributed by atoms with E-state index in [1.165, 1.54) is 16.2 Å². The van der Waals surface area contributed by atoms with Crippen LogP contribution in [0.5, 0.6) is 5.75 Å². The summed E-state index contributed by atoms with van der Waals surface area (Å²) in [4.78, 5) is 42.4. The highest BCUT2D eigenvalue weighted by Crippen LogP contribution is 2.29. The van der Waals surface area contributed by atoms with Gasteiger partial charge in [0.05, 0.1) is 28.5 Å². The van der Waals surface area contributed by atoms with E-state index in [1.807, 2.05) is 18.2 Å². The minimum absolute atomic E-state index is 0.187. The van der Waals surface area contributed by atoms with Crippen LogP contribution in [-0.2, 0) is 4.79 Å². The second-order valence-electron chi connectivity index (χ2n) is 6.31. The Hall–Kier alpha value is -3.26. The molecule has 4 rings (SSSR count). The van der Waals surface area contributed by atoms with Gasteiger partial charge < -0.3 is 10.1 Å². The standard InChI is InChI=1S/C20H17N3O4S/c1-27-12-8-9-15-16(11-12)28-20(21-15)22-17(24)7-4-10-23-18(25)13-5-2-3-6-14(13)19(23)26/h2-3,5-6,8-9,11H,4,7,10H2,1H3,(H,21,22,24). The maximum Gasteiger partial charge on any atom is 0.261 e. The van der Waals surface area contributed by atoms with Gasteiger partial charge in [-0.15, -0.1) is 0 Å². The third kappa shape index (κ3) is 3.34. The van der Waals surface area contributed by atoms with Crippen molar-refractivity contribution in [3.05, 3.63) is 53.6 Å². The molecule has 0 atom stereocenters. The maximum absolute atomic E-state index is 12.3. The van der Waals surface area contributed by atoms with E-state index in [2.05, 4.69) is 10.3 Å². The lowest BCUT2D eigenvalue weighted by atomic mass is 10.1. The molecule has 7 nitrogen and oxygen atoms in total. The van der Waals surface area contributed by atoms with Crippen molar-refractivity contribution in [2.24, 2.45) is 0 Å². The zero-order valence-corrected chi connectivity index (χ0v) is 15.9. The zero-order valence-electron chi connectivity index (χ0n) is 15.1. The number of nitrogens with one attached hydrogen (secondary N) is 1. The van der Waals surface area contributed by atoms with Gasteiger partial charge in [0, 0.05) is 13.0 Å². The van der Waals surface area contributed by atoms with Crippen LogP contribution in [0.1, 0.15) is 33.6 Å². The summed E-state index contributed by atoms with van der Waals surface area (Å²) in [5, 5.41) is 3.28. The molecule has 8 heteroatoms. The molecule has 0 fully saturated rings. The van der Waals surface area contributed by atoms with Crippen molar-refractivity contribution in [2.45, 2.75) is 12.8 Å². The molecule has 1 aliphatic heterocycles. The molecule has 0 bridgehead atoms. The number of nitrogens with zero attached hydrogens (tertiary/aromatic N) is 2. The van der Waals surface area contributed by atoms with Crippen LogP contribution in [0.2, 0.25) is 0 Å². The number of amides is 3. The normalized spacial score (nSPS) is 13.1. The van der Waals surface area contributed by atoms with Crippen molar-refractivity contribution in [1.29, 1.82) is 0 Å². The topological polar surface area (TPSA) is 88.6 Å². The van der Waals surface area contributed by atoms with E-state index < -0.39 is 0 Å². The van der Waals surface area contributed by atoms with Gasteiger partial charge in [-0.05, 0) is 36.8 Å². The lowest BCUT2D eigenvalue weighted by Crippen LogP contribution is -2.31. The van der Waals surface area contributed by atoms with Crippen LogP contribution in [0.4, 0.5) is 5.13 Å². The first-order valence-electron chi connectivity index (χ1n) is 8.76. The van der Waals surface area contributed by atoms with Crippen LogP contribution in [0.3, 0.4) is 0 Å². The molecular weight excluding hydrogens is 378 g/mol. The molecule has 28 heavy (non-hydrogen) atoms. The van der Waals surface area contributed by atoms with E-state index >= 15 is 0 Å². The smallest absolute Gasteiger partial charge is 0.261 e. The summed E-state index contributed by atoms with van der Waals surface area (Å²) in [6.45, 7) is 0.205. The van der Waals surface area contributed by atoms with E-state index in [1.54, 1.807) is 31.4 Å². The number of thiazole rings is 1. The Balaban J connectivity index is 1.33. The first-order valence-corrected chi connectivity index (χ1v) is 9.58. The Morgan fingerprint density at radius 2 is 1.86 bits per heavy atom. The molecule has 3 amide bonds. The maximum atomic E-state index is 12.3. The molecule has 3 aromatic rings. The number of hydrogen-bond donors (Lipinski definition) is 1. The summed E-state index contributed by atoms with van der Waals surface area (Å²) in [5.74, 6) is -0.0835. The molecular formula is C20H17N3O4S. The Kier molecular flexibility index (Phi) is 4.79. The predicted octanol–water partition coefficient (Wildman–Crippen LogP) is 3.32. The molecule has 1 aliphatic rings. The number of methoxy groups -OCH3 is 1. The summed E-state index contributed by atoms with van der Waals surface area (Å²) in [7, 11) is 1.60. The lowest BCUT2D eigenvalue weighted by Gasteiger charge is -2.13. The molecule has 0 saturated heterocycles. The number of fused-ring (bicyclic) bond motifs is 2. The van der Waals surface area contributed by atoms with Crippen molar-refractivity contribution < 1.29 is 19.1 Å². The summed E-state index contributed by atoms with van der Waals surface area (Å²) < 4.78 is 6.10. The van der Waals surface area contributed by atoms with Crippen molar-refractivity contribution in [3.63, 3.8) is 0 Å². The Morgan fingerprint density at radius 3 is 2.54 bits per heavy atom. The molecule has 0 spiro atoms. The summed E-state index contributed by atoms with van der Waals surface area (Å²) in [6.07, 6.45) is 0.572. The van der Waals surface area contributed by atoms with E-state index in [4.69, 9.17) is 4.74 Å². The molecule has 0 unspecified atom stereocenters. The van der Waals surface area contributed by atoms with Gasteiger partial charge >= 0.3 is 0 Å². The molecule has 1 N–H and O–H groups in total. The third-order valence-corrected chi connectivity index (χ3v) is 5.44. The Morgan fingerprint density at radius 1 is 1.14 bits per heavy atom. The largest absolute Gasteiger partial charge is 0.497 e. The number of anilines is 1. The van der Waals surface area contributed by atoms with Crippen LogP contribution in [0, 0.1) is 0 Å². The van der Waals surface area contributed by atoms with E-state index in [-0.39, 0.29) is 30.7 Å². The van der Waals surface area contributed by atoms with Crippen molar-refractivity contribution >= 4 is 44.4 Å². The molecule has 142 valence electrons. The number of aromatic nitrogens is 1. The van der Waals surface area contributed by atoms with Crippen LogP contribution in [-0.4, -0.2) is 41.3 Å². The average Bonchev–Trinajstić information content (AvgIpc) is 3.21. The van der Waals surface area contributed by atoms with Gasteiger partial charge in [0.2, 0.25) is 5.91 Å². The molecule has 2 heterocycles. The van der Waals surface area contributed by atoms with Gasteiger partial charge in [-0.1, -0.05) is 23.5 Å². The van der Waals surface area contributed by atoms with Gasteiger partial charge in [-0.2, -0.15) is 0 Å². The van der Waals surface area contributed by atoms with Gasteiger partial charge in [0.1, 0.15) is 5.75 Å². The van der Waals surface area contributed by atoms with E-state index in [0.29, 0.717) is 22.7 Å². The highest BCUT2D eigenvalue weighted by Gasteiger charge is 2.34. The minimum Gasteiger partial charge on any atom is -0.497 e. The van der Waals surface area contributed by atoms with Crippen LogP contribution in [0.25, 0.3) is 10.2 Å². The zero-order chi connectivity index (χ0) is 19.7. The van der Waals surface area contributed by atoms with Crippen LogP contribution < -0.4 is 10.1 Å². The number of rotatable bonds is 6. The highest BCUT2D eigenvalue weighted by atomic mass is 32.1. The summed E-state index contributed by atoms with van der Waals surface area (Å²) in [6, 6.07) is 12.3. The number of ether oxygens (including phenoxy) is 1. The fraction of sp³-hybridized carbons (Fsp3) is 0.200. The van der Waals surface area contributed by atoms with Crippen molar-refractivity contribution in [3.8, 4) is 5.75 Å². The average molecular weight is 395 g/mol. The first kappa shape index (κ1) is 18.1. The van der Waals surface area contributed by atoms with Gasteiger partial charge in [0.25, 0.3) is 11.8 Å². The fourth-order valence-electron chi connectivity index (χ4n) is 3.11. The number of imide groups is 1. The summed E-state index contributed by atoms with van der Waals surface area (Å²) in [5.41, 5.74) is 1.62. The van der Waals surface area contributed by atoms with Crippen molar-refractivity contribution in [2.75, 3.05) is 19.0 Å². The SMILES string of the molecule is COc1ccc2nc(NC(=O)CCCN3C(=O)c4ccccc4C3=O)sc2c1. The van der Waals surface area contributed by atoms with Crippen LogP contribution >= 0.6 is 11.3 Å². The second-order valence-corrected chi connectivity index (χ2v) is 7.34. The predicted molar refractivity (Wildman–Crippen MR) is 106 cm³/mol.